The van der Waals surface area contributed by atoms with Crippen LogP contribution in [-0.2, 0) is 4.74 Å². The number of rotatable bonds is 6. The van der Waals surface area contributed by atoms with E-state index in [0.29, 0.717) is 5.56 Å². The second-order valence-corrected chi connectivity index (χ2v) is 5.69. The Morgan fingerprint density at radius 2 is 2.17 bits per heavy atom. The molecule has 2 amide bonds. The molecule has 2 rings (SSSR count). The van der Waals surface area contributed by atoms with Crippen LogP contribution in [0.5, 0.6) is 5.75 Å². The van der Waals surface area contributed by atoms with Crippen molar-refractivity contribution in [3.8, 4) is 11.8 Å². The smallest absolute Gasteiger partial charge is 0.426 e. The number of aromatic amines is 1. The maximum Gasteiger partial charge on any atom is 0.426 e. The average Bonchev–Trinajstić information content (AvgIpc) is 3.24. The molecule has 2 aromatic rings. The number of aromatic nitrogens is 4. The number of ether oxygens (including phenoxy) is 2. The summed E-state index contributed by atoms with van der Waals surface area (Å²) in [6, 6.07) is 3.42. The third kappa shape index (κ3) is 5.11. The second-order valence-electron chi connectivity index (χ2n) is 5.28. The van der Waals surface area contributed by atoms with Gasteiger partial charge in [0.1, 0.15) is 17.4 Å². The first-order valence-corrected chi connectivity index (χ1v) is 8.51. The minimum Gasteiger partial charge on any atom is -0.494 e. The Morgan fingerprint density at radius 1 is 1.41 bits per heavy atom. The van der Waals surface area contributed by atoms with E-state index in [0.717, 1.165) is 0 Å². The molecule has 12 nitrogen and oxygen atoms in total. The molecule has 0 atom stereocenters. The van der Waals surface area contributed by atoms with Crippen LogP contribution in [-0.4, -0.2) is 46.3 Å². The zero-order valence-corrected chi connectivity index (χ0v) is 16.4. The van der Waals surface area contributed by atoms with Crippen molar-refractivity contribution in [1.29, 1.82) is 5.26 Å². The Morgan fingerprint density at radius 3 is 2.76 bits per heavy atom. The summed E-state index contributed by atoms with van der Waals surface area (Å²) in [6.07, 6.45) is 0.455. The molecule has 0 unspecified atom stereocenters. The van der Waals surface area contributed by atoms with Crippen LogP contribution in [0.25, 0.3) is 5.57 Å². The molecule has 0 fully saturated rings. The minimum absolute atomic E-state index is 0.0458. The molecule has 0 aliphatic carbocycles. The van der Waals surface area contributed by atoms with Crippen molar-refractivity contribution in [3.05, 3.63) is 34.2 Å². The number of H-pyrrole nitrogens is 1. The number of nitrogens with one attached hydrogen (secondary N) is 4. The number of carbonyl (C=O) groups is 2. The van der Waals surface area contributed by atoms with E-state index in [9.17, 15) is 14.9 Å². The maximum atomic E-state index is 12.7. The molecule has 0 aliphatic rings. The first-order chi connectivity index (χ1) is 13.9. The number of amides is 2. The zero-order chi connectivity index (χ0) is 21.4. The topological polar surface area (TPSA) is 167 Å². The second kappa shape index (κ2) is 9.90. The highest BCUT2D eigenvalue weighted by atomic mass is 35.5. The molecule has 0 bridgehead atoms. The van der Waals surface area contributed by atoms with Gasteiger partial charge in [0.15, 0.2) is 0 Å². The molecule has 29 heavy (non-hydrogen) atoms. The van der Waals surface area contributed by atoms with Gasteiger partial charge in [0.25, 0.3) is 5.91 Å². The molecule has 152 valence electrons. The van der Waals surface area contributed by atoms with Crippen molar-refractivity contribution in [2.45, 2.75) is 13.8 Å². The molecule has 4 N–H and O–H groups in total. The van der Waals surface area contributed by atoms with Crippen molar-refractivity contribution in [2.24, 2.45) is 0 Å². The fraction of sp³-hybridized carbons (Fsp3) is 0.250. The van der Waals surface area contributed by atoms with E-state index in [2.05, 4.69) is 36.8 Å². The van der Waals surface area contributed by atoms with Crippen molar-refractivity contribution in [2.75, 3.05) is 19.0 Å². The summed E-state index contributed by atoms with van der Waals surface area (Å²) in [5.41, 5.74) is 5.08. The Bertz CT molecular complexity index is 968. The van der Waals surface area contributed by atoms with E-state index >= 15 is 0 Å². The number of nitrogens with zero attached hydrogens (tertiary/aromatic N) is 4. The lowest BCUT2D eigenvalue weighted by Gasteiger charge is -2.17. The third-order valence-corrected chi connectivity index (χ3v) is 3.95. The highest BCUT2D eigenvalue weighted by Gasteiger charge is 2.22. The lowest BCUT2D eigenvalue weighted by molar-refractivity contribution is 0.0912. The third-order valence-electron chi connectivity index (χ3n) is 3.56. The number of tetrazole rings is 1. The van der Waals surface area contributed by atoms with Crippen LogP contribution in [0.15, 0.2) is 12.3 Å². The van der Waals surface area contributed by atoms with Crippen LogP contribution in [0, 0.1) is 18.3 Å². The number of allylic oxidation sites excluding steroid dienone is 1. The summed E-state index contributed by atoms with van der Waals surface area (Å²) in [4.78, 5) is 24.1. The molecule has 1 heterocycles. The molecule has 0 saturated carbocycles. The Labute approximate surface area is 170 Å². The highest BCUT2D eigenvalue weighted by Crippen LogP contribution is 2.36. The van der Waals surface area contributed by atoms with Gasteiger partial charge in [0, 0.05) is 17.3 Å². The number of methoxy groups -OCH3 is 1. The average molecular weight is 421 g/mol. The van der Waals surface area contributed by atoms with E-state index in [1.54, 1.807) is 13.8 Å². The highest BCUT2D eigenvalue weighted by molar-refractivity contribution is 6.32. The van der Waals surface area contributed by atoms with E-state index in [4.69, 9.17) is 21.1 Å². The van der Waals surface area contributed by atoms with E-state index < -0.39 is 12.0 Å². The van der Waals surface area contributed by atoms with Crippen LogP contribution in [0.3, 0.4) is 0 Å². The van der Waals surface area contributed by atoms with Crippen molar-refractivity contribution < 1.29 is 19.1 Å². The van der Waals surface area contributed by atoms with Crippen molar-refractivity contribution in [1.82, 2.24) is 31.5 Å². The molecule has 0 aliphatic heterocycles. The first-order valence-electron chi connectivity index (χ1n) is 8.13. The summed E-state index contributed by atoms with van der Waals surface area (Å²) < 4.78 is 9.98. The van der Waals surface area contributed by atoms with E-state index in [1.165, 1.54) is 19.4 Å². The van der Waals surface area contributed by atoms with Gasteiger partial charge in [-0.2, -0.15) is 10.5 Å². The minimum atomic E-state index is -0.828. The number of halogens is 1. The normalized spacial score (nSPS) is 10.7. The van der Waals surface area contributed by atoms with Gasteiger partial charge < -0.3 is 14.8 Å². The maximum absolute atomic E-state index is 12.7. The number of hydrogen-bond acceptors (Lipinski definition) is 9. The van der Waals surface area contributed by atoms with Crippen LogP contribution < -0.4 is 20.9 Å². The zero-order valence-electron chi connectivity index (χ0n) is 15.7. The summed E-state index contributed by atoms with van der Waals surface area (Å²) in [6.45, 7) is 3.37. The quantitative estimate of drug-likeness (QED) is 0.400. The van der Waals surface area contributed by atoms with Crippen molar-refractivity contribution >= 4 is 34.9 Å². The Balaban J connectivity index is 2.42. The molecule has 1 aromatic carbocycles. The van der Waals surface area contributed by atoms with Gasteiger partial charge >= 0.3 is 6.09 Å². The van der Waals surface area contributed by atoms with Crippen LogP contribution >= 0.6 is 11.6 Å². The summed E-state index contributed by atoms with van der Waals surface area (Å²) in [5.74, 6) is -0.409. The number of hydrazine groups is 1. The van der Waals surface area contributed by atoms with E-state index in [-0.39, 0.29) is 40.0 Å². The predicted octanol–water partition coefficient (Wildman–Crippen LogP) is 1.54. The van der Waals surface area contributed by atoms with Gasteiger partial charge in [-0.05, 0) is 24.6 Å². The number of hydrogen-bond donors (Lipinski definition) is 4. The van der Waals surface area contributed by atoms with Crippen LogP contribution in [0.4, 0.5) is 10.5 Å². The molecule has 0 saturated heterocycles. The van der Waals surface area contributed by atoms with Gasteiger partial charge in [-0.3, -0.25) is 10.2 Å². The van der Waals surface area contributed by atoms with Crippen LogP contribution in [0.1, 0.15) is 28.7 Å². The van der Waals surface area contributed by atoms with Gasteiger partial charge in [-0.15, -0.1) is 10.2 Å². The lowest BCUT2D eigenvalue weighted by Crippen LogP contribution is -2.42. The largest absolute Gasteiger partial charge is 0.494 e. The number of carbonyl (C=O) groups excluding carboxylic acids is 2. The Hall–Kier alpha value is -3.85. The van der Waals surface area contributed by atoms with Gasteiger partial charge in [0.2, 0.25) is 5.82 Å². The van der Waals surface area contributed by atoms with Gasteiger partial charge in [-0.1, -0.05) is 11.6 Å². The SMILES string of the molecule is CCOC(=O)NNC(=O)c1c(C)c(Cl)cc(OC)c1NC=C(C#N)c1nn[nH]n1. The fourth-order valence-electron chi connectivity index (χ4n) is 2.22. The number of anilines is 1. The van der Waals surface area contributed by atoms with Gasteiger partial charge in [-0.25, -0.2) is 10.2 Å². The summed E-state index contributed by atoms with van der Waals surface area (Å²) in [5, 5.41) is 25.5. The standard InChI is InChI=1S/C16H17ClN8O4/c1-4-29-16(27)23-22-15(26)12-8(2)10(17)5-11(28-3)13(12)19-7-9(6-18)14-20-24-25-21-14/h5,7,19H,4H2,1-3H3,(H,22,26)(H,23,27)(H,20,21,24,25). The van der Waals surface area contributed by atoms with E-state index in [1.807, 2.05) is 6.07 Å². The molecule has 13 heteroatoms. The monoisotopic (exact) mass is 420 g/mol. The predicted molar refractivity (Wildman–Crippen MR) is 102 cm³/mol. The molecule has 0 radical (unpaired) electrons. The fourth-order valence-corrected chi connectivity index (χ4v) is 2.41. The molecule has 0 spiro atoms. The first kappa shape index (κ1) is 21.5. The lowest BCUT2D eigenvalue weighted by atomic mass is 10.0. The van der Waals surface area contributed by atoms with Crippen LogP contribution in [0.2, 0.25) is 5.02 Å². The Kier molecular flexibility index (Phi) is 7.33. The summed E-state index contributed by atoms with van der Waals surface area (Å²) in [7, 11) is 1.39. The molecule has 1 aromatic heterocycles. The number of nitriles is 1. The summed E-state index contributed by atoms with van der Waals surface area (Å²) >= 11 is 6.20. The van der Waals surface area contributed by atoms with Gasteiger partial charge in [0.05, 0.1) is 25.0 Å². The van der Waals surface area contributed by atoms with Crippen molar-refractivity contribution in [3.63, 3.8) is 0 Å². The molecular weight excluding hydrogens is 404 g/mol. The number of benzene rings is 1. The molecular formula is C16H17ClN8O4.